The lowest BCUT2D eigenvalue weighted by atomic mass is 9.94. The van der Waals surface area contributed by atoms with Gasteiger partial charge in [0.2, 0.25) is 0 Å². The zero-order chi connectivity index (χ0) is 15.4. The molecule has 1 atom stereocenters. The molecule has 2 nitrogen and oxygen atoms in total. The van der Waals surface area contributed by atoms with Crippen molar-refractivity contribution in [3.8, 4) is 5.75 Å². The number of methoxy groups -OCH3 is 1. The molecule has 0 spiro atoms. The molecule has 0 aliphatic rings. The third kappa shape index (κ3) is 3.07. The monoisotopic (exact) mass is 298 g/mol. The van der Waals surface area contributed by atoms with Gasteiger partial charge in [-0.25, -0.2) is 0 Å². The van der Waals surface area contributed by atoms with Gasteiger partial charge < -0.3 is 9.63 Å². The van der Waals surface area contributed by atoms with E-state index in [4.69, 9.17) is 4.74 Å². The van der Waals surface area contributed by atoms with Crippen molar-refractivity contribution < 1.29 is 9.63 Å². The molecule has 0 radical (unpaired) electrons. The van der Waals surface area contributed by atoms with Crippen LogP contribution in [0.15, 0.2) is 55.6 Å². The van der Waals surface area contributed by atoms with Gasteiger partial charge in [0.05, 0.1) is 7.11 Å². The van der Waals surface area contributed by atoms with E-state index in [-0.39, 0.29) is 8.81 Å². The van der Waals surface area contributed by atoms with Crippen molar-refractivity contribution >= 4 is 19.7 Å². The molecule has 0 saturated heterocycles. The van der Waals surface area contributed by atoms with E-state index in [9.17, 15) is 4.89 Å². The van der Waals surface area contributed by atoms with Crippen LogP contribution >= 0.6 is 8.81 Å². The molecular formula is C18H19O2P. The molecule has 2 aromatic rings. The smallest absolute Gasteiger partial charge is 0.134 e. The molecule has 1 unspecified atom stereocenters. The molecule has 2 aromatic carbocycles. The molecule has 0 aliphatic carbocycles. The summed E-state index contributed by atoms with van der Waals surface area (Å²) in [6.07, 6.45) is 0. The van der Waals surface area contributed by atoms with Gasteiger partial charge in [0.1, 0.15) is 5.75 Å². The van der Waals surface area contributed by atoms with E-state index in [0.29, 0.717) is 5.31 Å². The topological polar surface area (TPSA) is 29.5 Å². The summed E-state index contributed by atoms with van der Waals surface area (Å²) in [6, 6.07) is 14.0. The van der Waals surface area contributed by atoms with E-state index in [1.807, 2.05) is 49.4 Å². The lowest BCUT2D eigenvalue weighted by Crippen LogP contribution is -1.98. The molecule has 0 amide bonds. The Morgan fingerprint density at radius 2 is 1.76 bits per heavy atom. The summed E-state index contributed by atoms with van der Waals surface area (Å²) >= 11 is 0. The summed E-state index contributed by atoms with van der Waals surface area (Å²) in [5.41, 5.74) is 4.75. The number of hydrogen-bond acceptors (Lipinski definition) is 2. The van der Waals surface area contributed by atoms with Crippen LogP contribution in [0.3, 0.4) is 0 Å². The molecule has 0 fully saturated rings. The van der Waals surface area contributed by atoms with Crippen molar-refractivity contribution in [3.05, 3.63) is 77.9 Å². The molecule has 0 heterocycles. The van der Waals surface area contributed by atoms with Crippen LogP contribution in [0.4, 0.5) is 0 Å². The Morgan fingerprint density at radius 3 is 2.33 bits per heavy atom. The van der Waals surface area contributed by atoms with Crippen molar-refractivity contribution in [2.24, 2.45) is 0 Å². The number of hydrogen-bond donors (Lipinski definition) is 1. The molecule has 0 aliphatic heterocycles. The van der Waals surface area contributed by atoms with Crippen LogP contribution in [0.1, 0.15) is 22.3 Å². The lowest BCUT2D eigenvalue weighted by Gasteiger charge is -2.18. The average Bonchev–Trinajstić information content (AvgIpc) is 2.53. The van der Waals surface area contributed by atoms with Crippen molar-refractivity contribution in [2.45, 2.75) is 6.92 Å². The fraction of sp³-hybridized carbons (Fsp3) is 0.111. The SMILES string of the molecule is C=C(c1ccccc1)c1ccc(C)c(C(=C)PO)c1OC. The van der Waals surface area contributed by atoms with Gasteiger partial charge in [-0.15, -0.1) is 0 Å². The third-order valence-electron chi connectivity index (χ3n) is 3.45. The van der Waals surface area contributed by atoms with Crippen molar-refractivity contribution in [3.63, 3.8) is 0 Å². The predicted octanol–water partition coefficient (Wildman–Crippen LogP) is 4.62. The van der Waals surface area contributed by atoms with Gasteiger partial charge in [0, 0.05) is 25.2 Å². The Morgan fingerprint density at radius 1 is 1.10 bits per heavy atom. The van der Waals surface area contributed by atoms with Crippen LogP contribution in [0, 0.1) is 6.92 Å². The molecule has 108 valence electrons. The van der Waals surface area contributed by atoms with Crippen molar-refractivity contribution in [1.82, 2.24) is 0 Å². The van der Waals surface area contributed by atoms with Crippen LogP contribution in [0.5, 0.6) is 5.75 Å². The Kier molecular flexibility index (Phi) is 4.95. The van der Waals surface area contributed by atoms with Gasteiger partial charge in [0.25, 0.3) is 0 Å². The molecule has 0 bridgehead atoms. The maximum atomic E-state index is 9.43. The molecule has 0 saturated carbocycles. The van der Waals surface area contributed by atoms with Crippen LogP contribution in [-0.4, -0.2) is 12.0 Å². The minimum absolute atomic E-state index is 0.343. The standard InChI is InChI=1S/C18H19O2P/c1-12-10-11-16(13(2)15-8-6-5-7-9-15)18(20-4)17(12)14(3)21-19/h5-11,19,21H,2-3H2,1,4H3. The first-order valence-corrected chi connectivity index (χ1v) is 7.56. The largest absolute Gasteiger partial charge is 0.495 e. The van der Waals surface area contributed by atoms with Gasteiger partial charge in [-0.3, -0.25) is 0 Å². The lowest BCUT2D eigenvalue weighted by molar-refractivity contribution is 0.412. The zero-order valence-electron chi connectivity index (χ0n) is 12.3. The van der Waals surface area contributed by atoms with Crippen LogP contribution in [0.25, 0.3) is 10.9 Å². The summed E-state index contributed by atoms with van der Waals surface area (Å²) in [7, 11) is 1.29. The second kappa shape index (κ2) is 6.71. The second-order valence-electron chi connectivity index (χ2n) is 4.77. The zero-order valence-corrected chi connectivity index (χ0v) is 13.3. The number of benzene rings is 2. The van der Waals surface area contributed by atoms with Gasteiger partial charge in [0.15, 0.2) is 0 Å². The highest BCUT2D eigenvalue weighted by Crippen LogP contribution is 2.41. The van der Waals surface area contributed by atoms with Crippen LogP contribution < -0.4 is 4.74 Å². The molecule has 0 aromatic heterocycles. The van der Waals surface area contributed by atoms with E-state index >= 15 is 0 Å². The van der Waals surface area contributed by atoms with Gasteiger partial charge in [-0.2, -0.15) is 0 Å². The van der Waals surface area contributed by atoms with E-state index in [2.05, 4.69) is 13.2 Å². The molecule has 1 N–H and O–H groups in total. The quantitative estimate of drug-likeness (QED) is 0.816. The van der Waals surface area contributed by atoms with Crippen LogP contribution in [-0.2, 0) is 0 Å². The number of aryl methyl sites for hydroxylation is 1. The first-order chi connectivity index (χ1) is 10.1. The van der Waals surface area contributed by atoms with Gasteiger partial charge in [-0.1, -0.05) is 55.6 Å². The average molecular weight is 298 g/mol. The highest BCUT2D eigenvalue weighted by molar-refractivity contribution is 7.44. The first kappa shape index (κ1) is 15.5. The van der Waals surface area contributed by atoms with E-state index < -0.39 is 0 Å². The fourth-order valence-corrected chi connectivity index (χ4v) is 2.78. The minimum Gasteiger partial charge on any atom is -0.495 e. The maximum Gasteiger partial charge on any atom is 0.134 e. The summed E-state index contributed by atoms with van der Waals surface area (Å²) in [5.74, 6) is 0.718. The number of ether oxygens (including phenoxy) is 1. The Balaban J connectivity index is 2.60. The Hall–Kier alpha value is -1.89. The second-order valence-corrected chi connectivity index (χ2v) is 5.60. The summed E-state index contributed by atoms with van der Waals surface area (Å²) in [5, 5.41) is 0.673. The van der Waals surface area contributed by atoms with Crippen molar-refractivity contribution in [2.75, 3.05) is 7.11 Å². The maximum absolute atomic E-state index is 9.43. The normalized spacial score (nSPS) is 10.8. The highest BCUT2D eigenvalue weighted by Gasteiger charge is 2.17. The first-order valence-electron chi connectivity index (χ1n) is 6.61. The predicted molar refractivity (Wildman–Crippen MR) is 91.9 cm³/mol. The molecule has 21 heavy (non-hydrogen) atoms. The van der Waals surface area contributed by atoms with Gasteiger partial charge >= 0.3 is 0 Å². The van der Waals surface area contributed by atoms with Crippen molar-refractivity contribution in [1.29, 1.82) is 0 Å². The minimum atomic E-state index is -0.343. The molecule has 2 rings (SSSR count). The van der Waals surface area contributed by atoms with E-state index in [1.165, 1.54) is 0 Å². The Bertz CT molecular complexity index is 675. The summed E-state index contributed by atoms with van der Waals surface area (Å²) in [4.78, 5) is 9.43. The fourth-order valence-electron chi connectivity index (χ4n) is 2.36. The van der Waals surface area contributed by atoms with Crippen LogP contribution in [0.2, 0.25) is 0 Å². The Labute approximate surface area is 127 Å². The third-order valence-corrected chi connectivity index (χ3v) is 3.97. The molecular weight excluding hydrogens is 279 g/mol. The molecule has 3 heteroatoms. The summed E-state index contributed by atoms with van der Waals surface area (Å²) in [6.45, 7) is 10.1. The van der Waals surface area contributed by atoms with E-state index in [1.54, 1.807) is 7.11 Å². The highest BCUT2D eigenvalue weighted by atomic mass is 31.1. The van der Waals surface area contributed by atoms with Gasteiger partial charge in [-0.05, 0) is 23.6 Å². The summed E-state index contributed by atoms with van der Waals surface area (Å²) < 4.78 is 5.59. The number of rotatable bonds is 5. The van der Waals surface area contributed by atoms with E-state index in [0.717, 1.165) is 33.6 Å².